The molecule has 3 N–H and O–H groups in total. The van der Waals surface area contributed by atoms with Crippen LogP contribution < -0.4 is 16.0 Å². The van der Waals surface area contributed by atoms with Gasteiger partial charge in [-0.3, -0.25) is 15.4 Å². The highest BCUT2D eigenvalue weighted by atomic mass is 16.2. The van der Waals surface area contributed by atoms with E-state index in [-0.39, 0.29) is 17.9 Å². The maximum Gasteiger partial charge on any atom is 0.321 e. The molecule has 5 heteroatoms. The van der Waals surface area contributed by atoms with Crippen LogP contribution in [-0.4, -0.2) is 19.0 Å². The first-order valence-electron chi connectivity index (χ1n) is 9.38. The lowest BCUT2D eigenvalue weighted by Crippen LogP contribution is -2.45. The van der Waals surface area contributed by atoms with E-state index >= 15 is 0 Å². The second-order valence-corrected chi connectivity index (χ2v) is 6.90. The Balaban J connectivity index is 2.32. The van der Waals surface area contributed by atoms with Crippen molar-refractivity contribution in [3.8, 4) is 0 Å². The third kappa shape index (κ3) is 5.66. The van der Waals surface area contributed by atoms with Crippen LogP contribution in [0.1, 0.15) is 49.5 Å². The lowest BCUT2D eigenvalue weighted by molar-refractivity contribution is -0.122. The van der Waals surface area contributed by atoms with Crippen LogP contribution >= 0.6 is 0 Å². The van der Waals surface area contributed by atoms with E-state index in [1.165, 1.54) is 12.6 Å². The van der Waals surface area contributed by atoms with Crippen LogP contribution in [0.4, 0.5) is 4.79 Å². The van der Waals surface area contributed by atoms with Crippen LogP contribution in [0.15, 0.2) is 54.6 Å². The summed E-state index contributed by atoms with van der Waals surface area (Å²) < 4.78 is 0. The number of amides is 3. The largest absolute Gasteiger partial charge is 0.341 e. The number of hydrogen-bond acceptors (Lipinski definition) is 3. The van der Waals surface area contributed by atoms with Gasteiger partial charge in [0, 0.05) is 13.1 Å². The molecule has 0 aliphatic carbocycles. The van der Waals surface area contributed by atoms with Crippen LogP contribution in [0.25, 0.3) is 0 Å². The quantitative estimate of drug-likeness (QED) is 0.698. The van der Waals surface area contributed by atoms with E-state index in [2.05, 4.69) is 61.0 Å². The van der Waals surface area contributed by atoms with Crippen molar-refractivity contribution in [1.29, 1.82) is 0 Å². The van der Waals surface area contributed by atoms with Crippen LogP contribution in [0.2, 0.25) is 0 Å². The average molecular weight is 367 g/mol. The summed E-state index contributed by atoms with van der Waals surface area (Å²) in [6.45, 7) is 6.36. The molecule has 0 saturated carbocycles. The van der Waals surface area contributed by atoms with Crippen LogP contribution in [0.3, 0.4) is 0 Å². The number of carbonyl (C=O) groups excluding carboxylic acids is 2. The zero-order chi connectivity index (χ0) is 19.8. The Bertz CT molecular complexity index is 742. The smallest absolute Gasteiger partial charge is 0.321 e. The maximum absolute atomic E-state index is 12.8. The molecule has 2 aromatic carbocycles. The molecule has 0 spiro atoms. The Morgan fingerprint density at radius 3 is 2.07 bits per heavy atom. The third-order valence-electron chi connectivity index (χ3n) is 4.62. The summed E-state index contributed by atoms with van der Waals surface area (Å²) in [6.07, 6.45) is 0.987. The Morgan fingerprint density at radius 2 is 1.56 bits per heavy atom. The first-order chi connectivity index (χ1) is 13.0. The highest BCUT2D eigenvalue weighted by Gasteiger charge is 2.27. The molecule has 0 bridgehead atoms. The number of aryl methyl sites for hydroxylation is 1. The summed E-state index contributed by atoms with van der Waals surface area (Å²) in [5.74, 6) is -0.118. The molecular weight excluding hydrogens is 338 g/mol. The molecule has 0 radical (unpaired) electrons. The van der Waals surface area contributed by atoms with E-state index in [1.807, 2.05) is 30.3 Å². The van der Waals surface area contributed by atoms with Gasteiger partial charge < -0.3 is 5.32 Å². The van der Waals surface area contributed by atoms with Crippen LogP contribution in [0, 0.1) is 5.92 Å². The number of imide groups is 1. The van der Waals surface area contributed by atoms with E-state index in [4.69, 9.17) is 0 Å². The van der Waals surface area contributed by atoms with E-state index in [1.54, 1.807) is 0 Å². The minimum atomic E-state index is -0.637. The number of rotatable bonds is 7. The van der Waals surface area contributed by atoms with E-state index in [0.717, 1.165) is 17.5 Å². The number of nitrogens with one attached hydrogen (secondary N) is 3. The second-order valence-electron chi connectivity index (χ2n) is 6.90. The summed E-state index contributed by atoms with van der Waals surface area (Å²) in [5, 5.41) is 8.28. The zero-order valence-corrected chi connectivity index (χ0v) is 16.5. The number of hydrogen-bond donors (Lipinski definition) is 3. The van der Waals surface area contributed by atoms with Gasteiger partial charge in [0.05, 0.1) is 0 Å². The maximum atomic E-state index is 12.8. The Labute approximate surface area is 161 Å². The average Bonchev–Trinajstić information content (AvgIpc) is 2.69. The van der Waals surface area contributed by atoms with Crippen molar-refractivity contribution in [2.45, 2.75) is 39.3 Å². The lowest BCUT2D eigenvalue weighted by atomic mass is 9.93. The molecule has 27 heavy (non-hydrogen) atoms. The molecule has 3 amide bonds. The van der Waals surface area contributed by atoms with Crippen molar-refractivity contribution in [2.75, 3.05) is 7.05 Å². The van der Waals surface area contributed by atoms with Crippen molar-refractivity contribution in [3.63, 3.8) is 0 Å². The van der Waals surface area contributed by atoms with Crippen molar-refractivity contribution < 1.29 is 9.59 Å². The molecule has 2 atom stereocenters. The molecule has 144 valence electrons. The van der Waals surface area contributed by atoms with E-state index in [0.29, 0.717) is 0 Å². The first-order valence-corrected chi connectivity index (χ1v) is 9.38. The van der Waals surface area contributed by atoms with Gasteiger partial charge in [-0.15, -0.1) is 0 Å². The summed E-state index contributed by atoms with van der Waals surface area (Å²) >= 11 is 0. The zero-order valence-electron chi connectivity index (χ0n) is 16.5. The molecule has 5 nitrogen and oxygen atoms in total. The SMILES string of the molecule is CCc1ccc([C@H](N[C@@H](C(=O)NC(=O)NC)c2ccccc2)C(C)C)cc1. The number of urea groups is 1. The highest BCUT2D eigenvalue weighted by molar-refractivity contribution is 5.97. The van der Waals surface area contributed by atoms with Crippen molar-refractivity contribution in [1.82, 2.24) is 16.0 Å². The molecule has 0 aliphatic rings. The normalized spacial score (nSPS) is 13.1. The van der Waals surface area contributed by atoms with Gasteiger partial charge in [0.15, 0.2) is 0 Å². The van der Waals surface area contributed by atoms with Gasteiger partial charge in [-0.05, 0) is 29.0 Å². The highest BCUT2D eigenvalue weighted by Crippen LogP contribution is 2.26. The predicted octanol–water partition coefficient (Wildman–Crippen LogP) is 3.73. The molecular formula is C22H29N3O2. The molecule has 0 aromatic heterocycles. The lowest BCUT2D eigenvalue weighted by Gasteiger charge is -2.28. The summed E-state index contributed by atoms with van der Waals surface area (Å²) in [5.41, 5.74) is 3.21. The molecule has 0 saturated heterocycles. The topological polar surface area (TPSA) is 70.2 Å². The predicted molar refractivity (Wildman–Crippen MR) is 108 cm³/mol. The van der Waals surface area contributed by atoms with Gasteiger partial charge in [0.1, 0.15) is 6.04 Å². The Hall–Kier alpha value is -2.66. The molecule has 0 heterocycles. The molecule has 0 aliphatic heterocycles. The number of carbonyl (C=O) groups is 2. The summed E-state index contributed by atoms with van der Waals surface area (Å²) in [7, 11) is 1.49. The Morgan fingerprint density at radius 1 is 0.926 bits per heavy atom. The second kappa shape index (κ2) is 9.88. The van der Waals surface area contributed by atoms with Crippen molar-refractivity contribution >= 4 is 11.9 Å². The van der Waals surface area contributed by atoms with Crippen LogP contribution in [-0.2, 0) is 11.2 Å². The Kier molecular flexibility index (Phi) is 7.55. The fraction of sp³-hybridized carbons (Fsp3) is 0.364. The molecule has 2 rings (SSSR count). The van der Waals surface area contributed by atoms with Gasteiger partial charge in [-0.25, -0.2) is 4.79 Å². The first kappa shape index (κ1) is 20.6. The summed E-state index contributed by atoms with van der Waals surface area (Å²) in [4.78, 5) is 24.4. The van der Waals surface area contributed by atoms with Gasteiger partial charge >= 0.3 is 6.03 Å². The monoisotopic (exact) mass is 367 g/mol. The van der Waals surface area contributed by atoms with E-state index < -0.39 is 12.1 Å². The fourth-order valence-corrected chi connectivity index (χ4v) is 3.03. The van der Waals surface area contributed by atoms with Gasteiger partial charge in [-0.1, -0.05) is 75.4 Å². The van der Waals surface area contributed by atoms with E-state index in [9.17, 15) is 9.59 Å². The van der Waals surface area contributed by atoms with Crippen molar-refractivity contribution in [2.24, 2.45) is 5.92 Å². The standard InChI is InChI=1S/C22H29N3O2/c1-5-16-11-13-18(14-12-16)19(15(2)3)24-20(17-9-7-6-8-10-17)21(26)25-22(27)23-4/h6-15,19-20,24H,5H2,1-4H3,(H2,23,25,26,27)/t19-,20-/m1/s1. The van der Waals surface area contributed by atoms with Gasteiger partial charge in [0.2, 0.25) is 5.91 Å². The van der Waals surface area contributed by atoms with Gasteiger partial charge in [0.25, 0.3) is 0 Å². The van der Waals surface area contributed by atoms with Gasteiger partial charge in [-0.2, -0.15) is 0 Å². The molecule has 2 aromatic rings. The van der Waals surface area contributed by atoms with Crippen molar-refractivity contribution in [3.05, 3.63) is 71.3 Å². The molecule has 0 fully saturated rings. The summed E-state index contributed by atoms with van der Waals surface area (Å²) in [6, 6.07) is 16.7. The third-order valence-corrected chi connectivity index (χ3v) is 4.62. The van der Waals surface area contributed by atoms with Crippen LogP contribution in [0.5, 0.6) is 0 Å². The minimum Gasteiger partial charge on any atom is -0.341 e. The minimum absolute atomic E-state index is 0.0310. The fourth-order valence-electron chi connectivity index (χ4n) is 3.03. The number of benzene rings is 2. The molecule has 0 unspecified atom stereocenters.